The summed E-state index contributed by atoms with van der Waals surface area (Å²) in [4.78, 5) is 5.26. The smallest absolute Gasteiger partial charge is 0.156 e. The first kappa shape index (κ1) is 34.5. The third-order valence-electron chi connectivity index (χ3n) is 13.4. The van der Waals surface area contributed by atoms with Gasteiger partial charge in [-0.1, -0.05) is 178 Å². The van der Waals surface area contributed by atoms with Crippen molar-refractivity contribution in [2.75, 3.05) is 0 Å². The van der Waals surface area contributed by atoms with E-state index in [1.54, 1.807) is 0 Å². The fourth-order valence-electron chi connectivity index (χ4n) is 10.4. The summed E-state index contributed by atoms with van der Waals surface area (Å²) in [6.45, 7) is 4.68. The van der Waals surface area contributed by atoms with Crippen molar-refractivity contribution in [2.45, 2.75) is 19.3 Å². The molecule has 0 saturated carbocycles. The maximum absolute atomic E-state index is 5.26. The molecule has 0 spiro atoms. The number of fused-ring (bicyclic) bond motifs is 13. The van der Waals surface area contributed by atoms with Crippen LogP contribution in [-0.2, 0) is 5.41 Å². The molecule has 0 saturated heterocycles. The Balaban J connectivity index is 0.889. The first-order valence-corrected chi connectivity index (χ1v) is 21.9. The Hall–Kier alpha value is -7.33. The van der Waals surface area contributed by atoms with Gasteiger partial charge in [0.05, 0.1) is 21.4 Å². The van der Waals surface area contributed by atoms with Gasteiger partial charge in [-0.05, 0) is 113 Å². The van der Waals surface area contributed by atoms with Gasteiger partial charge in [0.25, 0.3) is 0 Å². The highest BCUT2D eigenvalue weighted by Crippen LogP contribution is 2.50. The summed E-state index contributed by atoms with van der Waals surface area (Å²) in [5.74, 6) is 0. The van der Waals surface area contributed by atoms with Gasteiger partial charge in [-0.25, -0.2) is 4.98 Å². The number of thiophene rings is 1. The summed E-state index contributed by atoms with van der Waals surface area (Å²) in [7, 11) is 0. The Morgan fingerprint density at radius 2 is 1.05 bits per heavy atom. The molecule has 2 nitrogen and oxygen atoms in total. The fraction of sp³-hybridized carbons (Fsp3) is 0.0517. The van der Waals surface area contributed by atoms with Gasteiger partial charge < -0.3 is 0 Å². The van der Waals surface area contributed by atoms with Crippen molar-refractivity contribution in [2.24, 2.45) is 0 Å². The van der Waals surface area contributed by atoms with E-state index >= 15 is 0 Å². The number of imidazole rings is 1. The van der Waals surface area contributed by atoms with Crippen molar-refractivity contribution >= 4 is 69.7 Å². The second-order valence-electron chi connectivity index (χ2n) is 17.1. The van der Waals surface area contributed by atoms with Gasteiger partial charge in [0.15, 0.2) is 5.65 Å². The summed E-state index contributed by atoms with van der Waals surface area (Å²) >= 11 is 1.84. The quantitative estimate of drug-likeness (QED) is 0.173. The zero-order valence-electron chi connectivity index (χ0n) is 33.8. The van der Waals surface area contributed by atoms with Crippen molar-refractivity contribution in [1.29, 1.82) is 0 Å². The van der Waals surface area contributed by atoms with Crippen molar-refractivity contribution in [3.05, 3.63) is 205 Å². The zero-order valence-corrected chi connectivity index (χ0v) is 34.6. The van der Waals surface area contributed by atoms with E-state index in [2.05, 4.69) is 212 Å². The number of rotatable bonds is 4. The van der Waals surface area contributed by atoms with Crippen LogP contribution in [0.2, 0.25) is 0 Å². The monoisotopic (exact) mass is 794 g/mol. The predicted molar refractivity (Wildman–Crippen MR) is 260 cm³/mol. The molecule has 0 atom stereocenters. The van der Waals surface area contributed by atoms with Crippen LogP contribution in [0.5, 0.6) is 0 Å². The average molecular weight is 795 g/mol. The predicted octanol–water partition coefficient (Wildman–Crippen LogP) is 16.1. The summed E-state index contributed by atoms with van der Waals surface area (Å²) in [6, 6.07) is 71.8. The number of nitrogens with zero attached hydrogens (tertiary/aromatic N) is 2. The van der Waals surface area contributed by atoms with E-state index in [4.69, 9.17) is 4.98 Å². The molecule has 0 N–H and O–H groups in total. The van der Waals surface area contributed by atoms with Gasteiger partial charge in [0, 0.05) is 20.9 Å². The van der Waals surface area contributed by atoms with Crippen molar-refractivity contribution in [3.63, 3.8) is 0 Å². The van der Waals surface area contributed by atoms with Gasteiger partial charge in [0.1, 0.15) is 0 Å². The second kappa shape index (κ2) is 12.8. The third kappa shape index (κ3) is 5.05. The lowest BCUT2D eigenvalue weighted by atomic mass is 9.82. The van der Waals surface area contributed by atoms with Crippen LogP contribution in [0.15, 0.2) is 194 Å². The number of hydrogen-bond donors (Lipinski definition) is 0. The first-order valence-electron chi connectivity index (χ1n) is 21.1. The van der Waals surface area contributed by atoms with Gasteiger partial charge in [-0.3, -0.25) is 4.40 Å². The van der Waals surface area contributed by atoms with Crippen molar-refractivity contribution in [3.8, 4) is 55.8 Å². The molecular weight excluding hydrogens is 757 g/mol. The molecule has 0 amide bonds. The Kier molecular flexibility index (Phi) is 7.26. The van der Waals surface area contributed by atoms with Crippen molar-refractivity contribution < 1.29 is 0 Å². The SMILES string of the molecule is CC1(C)c2ccccc2-c2cc(-c3ccc(-c4ccc(-c5ccc(-c6cc7c(sc8ccc9ccccc9c87)c7nc8ccccc8n67)cc5)c5ccccc45)cc3)ccc21. The lowest BCUT2D eigenvalue weighted by Gasteiger charge is -2.21. The van der Waals surface area contributed by atoms with Gasteiger partial charge >= 0.3 is 0 Å². The van der Waals surface area contributed by atoms with Crippen LogP contribution in [-0.4, -0.2) is 9.38 Å². The minimum atomic E-state index is 0.0108. The molecule has 9 aromatic carbocycles. The highest BCUT2D eigenvalue weighted by molar-refractivity contribution is 7.26. The van der Waals surface area contributed by atoms with Crippen LogP contribution in [0.25, 0.3) is 114 Å². The van der Waals surface area contributed by atoms with Crippen LogP contribution in [0.4, 0.5) is 0 Å². The van der Waals surface area contributed by atoms with Crippen LogP contribution in [0, 0.1) is 0 Å². The summed E-state index contributed by atoms with van der Waals surface area (Å²) in [6.07, 6.45) is 0. The number of para-hydroxylation sites is 2. The Morgan fingerprint density at radius 1 is 0.443 bits per heavy atom. The molecule has 13 rings (SSSR count). The maximum Gasteiger partial charge on any atom is 0.156 e. The molecule has 1 aliphatic rings. The minimum absolute atomic E-state index is 0.0108. The van der Waals surface area contributed by atoms with E-state index in [0.29, 0.717) is 0 Å². The molecule has 3 aromatic heterocycles. The maximum atomic E-state index is 5.26. The van der Waals surface area contributed by atoms with Gasteiger partial charge in [-0.2, -0.15) is 0 Å². The highest BCUT2D eigenvalue weighted by atomic mass is 32.1. The largest absolute Gasteiger partial charge is 0.291 e. The van der Waals surface area contributed by atoms with Crippen molar-refractivity contribution in [1.82, 2.24) is 9.38 Å². The molecule has 12 aromatic rings. The minimum Gasteiger partial charge on any atom is -0.291 e. The molecule has 3 heterocycles. The summed E-state index contributed by atoms with van der Waals surface area (Å²) in [5.41, 5.74) is 18.4. The molecule has 61 heavy (non-hydrogen) atoms. The number of benzene rings is 9. The molecule has 0 radical (unpaired) electrons. The van der Waals surface area contributed by atoms with E-state index in [9.17, 15) is 0 Å². The van der Waals surface area contributed by atoms with Crippen LogP contribution in [0.1, 0.15) is 25.0 Å². The topological polar surface area (TPSA) is 17.3 Å². The Labute approximate surface area is 357 Å². The standard InChI is InChI=1S/C58H38N2S/c1-58(2)49-16-8-7-15-46(49)47-33-40(27-31-50(47)58)35-19-21-37(22-20-35)41-29-30-42(45-14-6-5-13-44(41)45)38-23-25-39(26-24-38)53-34-48-55-43-12-4-3-11-36(43)28-32-54(55)61-56(48)57-59-51-17-9-10-18-52(51)60(53)57/h3-34H,1-2H3. The van der Waals surface area contributed by atoms with Crippen LogP contribution in [0.3, 0.4) is 0 Å². The van der Waals surface area contributed by atoms with Crippen LogP contribution < -0.4 is 0 Å². The molecule has 0 fully saturated rings. The van der Waals surface area contributed by atoms with Gasteiger partial charge in [0.2, 0.25) is 0 Å². The molecule has 286 valence electrons. The van der Waals surface area contributed by atoms with E-state index in [1.165, 1.54) is 97.4 Å². The van der Waals surface area contributed by atoms with E-state index in [-0.39, 0.29) is 5.41 Å². The molecule has 3 heteroatoms. The summed E-state index contributed by atoms with van der Waals surface area (Å²) < 4.78 is 4.88. The van der Waals surface area contributed by atoms with E-state index < -0.39 is 0 Å². The summed E-state index contributed by atoms with van der Waals surface area (Å²) in [5, 5.41) is 7.62. The Bertz CT molecular complexity index is 3770. The molecule has 0 aliphatic heterocycles. The molecule has 1 aliphatic carbocycles. The van der Waals surface area contributed by atoms with Gasteiger partial charge in [-0.15, -0.1) is 11.3 Å². The number of hydrogen-bond acceptors (Lipinski definition) is 2. The zero-order chi connectivity index (χ0) is 40.4. The third-order valence-corrected chi connectivity index (χ3v) is 14.6. The molecular formula is C58H38N2S. The highest BCUT2D eigenvalue weighted by Gasteiger charge is 2.35. The average Bonchev–Trinajstić information content (AvgIpc) is 3.97. The lowest BCUT2D eigenvalue weighted by Crippen LogP contribution is -2.14. The Morgan fingerprint density at radius 3 is 1.82 bits per heavy atom. The molecule has 0 bridgehead atoms. The number of aromatic nitrogens is 2. The second-order valence-corrected chi connectivity index (χ2v) is 18.1. The normalized spacial score (nSPS) is 13.2. The first-order chi connectivity index (χ1) is 30.0. The molecule has 0 unspecified atom stereocenters. The van der Waals surface area contributed by atoms with E-state index in [0.717, 1.165) is 27.9 Å². The van der Waals surface area contributed by atoms with Crippen LogP contribution >= 0.6 is 11.3 Å². The fourth-order valence-corrected chi connectivity index (χ4v) is 11.6. The lowest BCUT2D eigenvalue weighted by molar-refractivity contribution is 0.660. The van der Waals surface area contributed by atoms with E-state index in [1.807, 2.05) is 11.3 Å². The number of pyridine rings is 1.